The van der Waals surface area contributed by atoms with Crippen molar-refractivity contribution in [2.75, 3.05) is 0 Å². The number of fused-ring (bicyclic) bond motifs is 12. The van der Waals surface area contributed by atoms with Gasteiger partial charge in [-0.05, 0) is 93.6 Å². The first-order valence-electron chi connectivity index (χ1n) is 19.0. The van der Waals surface area contributed by atoms with E-state index in [0.29, 0.717) is 33.6 Å². The smallest absolute Gasteiger partial charge is 0.149 e. The van der Waals surface area contributed by atoms with Crippen LogP contribution in [0.25, 0.3) is 94.6 Å². The van der Waals surface area contributed by atoms with Crippen LogP contribution in [0.15, 0.2) is 150 Å². The van der Waals surface area contributed by atoms with Crippen LogP contribution in [0.4, 0.5) is 0 Å². The number of rotatable bonds is 2. The molecule has 0 aliphatic heterocycles. The molecule has 0 amide bonds. The molecular formula is C45H30N2O. The van der Waals surface area contributed by atoms with Crippen molar-refractivity contribution < 1.29 is 12.6 Å². The van der Waals surface area contributed by atoms with Crippen molar-refractivity contribution in [1.29, 1.82) is 0 Å². The Morgan fingerprint density at radius 1 is 0.500 bits per heavy atom. The Labute approximate surface area is 286 Å². The number of benzene rings is 7. The van der Waals surface area contributed by atoms with Crippen LogP contribution in [0.3, 0.4) is 0 Å². The molecule has 0 fully saturated rings. The second-order valence-corrected chi connectivity index (χ2v) is 12.3. The molecule has 226 valence electrons. The van der Waals surface area contributed by atoms with Crippen LogP contribution in [-0.2, 0) is 0 Å². The van der Waals surface area contributed by atoms with Gasteiger partial charge in [0.1, 0.15) is 17.0 Å². The summed E-state index contributed by atoms with van der Waals surface area (Å²) in [5.74, 6) is 0.375. The van der Waals surface area contributed by atoms with Crippen molar-refractivity contribution in [2.24, 2.45) is 0 Å². The molecule has 0 bridgehead atoms. The zero-order valence-corrected chi connectivity index (χ0v) is 25.7. The average Bonchev–Trinajstić information content (AvgIpc) is 3.74. The molecule has 2 heterocycles. The van der Waals surface area contributed by atoms with Crippen LogP contribution in [0.1, 0.15) is 19.4 Å². The number of aryl methyl sites for hydroxylation is 2. The van der Waals surface area contributed by atoms with Gasteiger partial charge in [0, 0.05) is 19.0 Å². The molecule has 0 atom stereocenters. The molecule has 48 heavy (non-hydrogen) atoms. The first-order valence-corrected chi connectivity index (χ1v) is 16.0. The number of furan rings is 1. The van der Waals surface area contributed by atoms with Gasteiger partial charge in [0.2, 0.25) is 0 Å². The molecule has 0 N–H and O–H groups in total. The zero-order chi connectivity index (χ0) is 36.9. The van der Waals surface area contributed by atoms with Crippen molar-refractivity contribution in [3.63, 3.8) is 0 Å². The average molecular weight is 621 g/mol. The first-order chi connectivity index (χ1) is 26.1. The maximum atomic E-state index is 8.65. The van der Waals surface area contributed by atoms with Gasteiger partial charge in [-0.1, -0.05) is 121 Å². The number of para-hydroxylation sites is 3. The molecule has 0 saturated carbocycles. The predicted molar refractivity (Wildman–Crippen MR) is 199 cm³/mol. The van der Waals surface area contributed by atoms with Crippen LogP contribution in [0.2, 0.25) is 0 Å². The van der Waals surface area contributed by atoms with Crippen molar-refractivity contribution in [3.8, 4) is 61.6 Å². The van der Waals surface area contributed by atoms with Crippen molar-refractivity contribution >= 4 is 33.0 Å². The predicted octanol–water partition coefficient (Wildman–Crippen LogP) is 12.2. The maximum Gasteiger partial charge on any atom is 0.149 e. The molecule has 9 aromatic rings. The lowest BCUT2D eigenvalue weighted by atomic mass is 9.81. The molecule has 2 aromatic heterocycles. The highest BCUT2D eigenvalue weighted by molar-refractivity contribution is 6.10. The molecule has 0 radical (unpaired) electrons. The van der Waals surface area contributed by atoms with Gasteiger partial charge in [-0.15, -0.1) is 0 Å². The summed E-state index contributed by atoms with van der Waals surface area (Å²) in [5.41, 5.74) is 11.1. The molecule has 0 spiro atoms. The van der Waals surface area contributed by atoms with Gasteiger partial charge in [0.15, 0.2) is 0 Å². The third kappa shape index (κ3) is 3.79. The molecule has 7 aromatic carbocycles. The number of imidazole rings is 1. The SMILES string of the molecule is [2H]C([2H])([2H])c1cccc(C([2H])([2H])[2H])c1-n1c(-c2cccc3c2oc2ccccc23)nc2cc3c(cc21)-c1ccccc1-c1ccccc1-c1ccccc1-3. The van der Waals surface area contributed by atoms with E-state index in [0.717, 1.165) is 55.3 Å². The minimum absolute atomic E-state index is 0.0629. The Bertz CT molecular complexity index is 2950. The fraction of sp³-hybridized carbons (Fsp3) is 0.0444. The number of aromatic nitrogens is 2. The molecular weight excluding hydrogens is 585 g/mol. The van der Waals surface area contributed by atoms with Gasteiger partial charge < -0.3 is 4.42 Å². The first kappa shape index (κ1) is 21.6. The van der Waals surface area contributed by atoms with Crippen molar-refractivity contribution in [2.45, 2.75) is 13.7 Å². The van der Waals surface area contributed by atoms with Gasteiger partial charge in [-0.2, -0.15) is 0 Å². The molecule has 10 rings (SSSR count). The van der Waals surface area contributed by atoms with Gasteiger partial charge in [-0.3, -0.25) is 4.57 Å². The van der Waals surface area contributed by atoms with Gasteiger partial charge in [-0.25, -0.2) is 4.98 Å². The Hall–Kier alpha value is -6.19. The molecule has 3 nitrogen and oxygen atoms in total. The summed E-state index contributed by atoms with van der Waals surface area (Å²) in [6.45, 7) is -5.29. The molecule has 0 unspecified atom stereocenters. The Morgan fingerprint density at radius 3 is 1.62 bits per heavy atom. The topological polar surface area (TPSA) is 31.0 Å². The number of nitrogens with zero attached hydrogens (tertiary/aromatic N) is 2. The molecule has 3 heteroatoms. The van der Waals surface area contributed by atoms with Crippen LogP contribution < -0.4 is 0 Å². The summed E-state index contributed by atoms with van der Waals surface area (Å²) in [6.07, 6.45) is 0. The molecule has 0 saturated heterocycles. The highest BCUT2D eigenvalue weighted by Gasteiger charge is 2.26. The summed E-state index contributed by atoms with van der Waals surface area (Å²) >= 11 is 0. The third-order valence-electron chi connectivity index (χ3n) is 9.64. The lowest BCUT2D eigenvalue weighted by Gasteiger charge is -2.23. The van der Waals surface area contributed by atoms with E-state index in [1.54, 1.807) is 4.57 Å². The number of hydrogen-bond donors (Lipinski definition) is 0. The van der Waals surface area contributed by atoms with Gasteiger partial charge in [0.25, 0.3) is 0 Å². The summed E-state index contributed by atoms with van der Waals surface area (Å²) in [6, 6.07) is 47.2. The summed E-state index contributed by atoms with van der Waals surface area (Å²) in [5, 5.41) is 1.80. The van der Waals surface area contributed by atoms with Gasteiger partial charge in [0.05, 0.1) is 22.3 Å². The van der Waals surface area contributed by atoms with E-state index in [4.69, 9.17) is 17.6 Å². The van der Waals surface area contributed by atoms with E-state index < -0.39 is 13.7 Å². The lowest BCUT2D eigenvalue weighted by Crippen LogP contribution is -2.03. The monoisotopic (exact) mass is 620 g/mol. The normalized spacial score (nSPS) is 14.3. The minimum atomic E-state index is -2.64. The van der Waals surface area contributed by atoms with Crippen LogP contribution >= 0.6 is 0 Å². The number of hydrogen-bond acceptors (Lipinski definition) is 2. The standard InChI is InChI=1S/C45H30N2O/c1-27-13-11-14-28(2)43(27)47-41-26-39-34-20-8-6-18-32(34)30-16-4-3-15-29(30)31-17-5-7-19-33(31)38(39)25-40(41)46-45(47)37-23-12-22-36-35-21-9-10-24-42(35)48-44(36)37/h3-26H,1-2H3/i1D3,2D3. The van der Waals surface area contributed by atoms with E-state index in [-0.39, 0.29) is 16.8 Å². The Kier molecular flexibility index (Phi) is 4.56. The second-order valence-electron chi connectivity index (χ2n) is 12.3. The van der Waals surface area contributed by atoms with Crippen molar-refractivity contribution in [3.05, 3.63) is 157 Å². The van der Waals surface area contributed by atoms with E-state index >= 15 is 0 Å². The lowest BCUT2D eigenvalue weighted by molar-refractivity contribution is 0.669. The van der Waals surface area contributed by atoms with Crippen molar-refractivity contribution in [1.82, 2.24) is 9.55 Å². The summed E-state index contributed by atoms with van der Waals surface area (Å²) in [7, 11) is 0. The summed E-state index contributed by atoms with van der Waals surface area (Å²) in [4.78, 5) is 5.30. The van der Waals surface area contributed by atoms with E-state index in [2.05, 4.69) is 48.5 Å². The summed E-state index contributed by atoms with van der Waals surface area (Å²) < 4.78 is 60.2. The van der Waals surface area contributed by atoms with Crippen LogP contribution in [-0.4, -0.2) is 9.55 Å². The quantitative estimate of drug-likeness (QED) is 0.192. The highest BCUT2D eigenvalue weighted by atomic mass is 16.3. The Morgan fingerprint density at radius 2 is 1.00 bits per heavy atom. The van der Waals surface area contributed by atoms with E-state index in [1.807, 2.05) is 78.9 Å². The Balaban J connectivity index is 1.40. The second kappa shape index (κ2) is 10.2. The third-order valence-corrected chi connectivity index (χ3v) is 9.64. The van der Waals surface area contributed by atoms with Gasteiger partial charge >= 0.3 is 0 Å². The maximum absolute atomic E-state index is 8.65. The fourth-order valence-electron chi connectivity index (χ4n) is 7.54. The fourth-order valence-corrected chi connectivity index (χ4v) is 7.54. The minimum Gasteiger partial charge on any atom is -0.455 e. The van der Waals surface area contributed by atoms with Crippen LogP contribution in [0.5, 0.6) is 0 Å². The largest absolute Gasteiger partial charge is 0.455 e. The molecule has 1 aliphatic rings. The highest BCUT2D eigenvalue weighted by Crippen LogP contribution is 2.49. The van der Waals surface area contributed by atoms with E-state index in [9.17, 15) is 0 Å². The van der Waals surface area contributed by atoms with Crippen LogP contribution in [0, 0.1) is 13.7 Å². The van der Waals surface area contributed by atoms with E-state index in [1.165, 1.54) is 18.2 Å². The zero-order valence-electron chi connectivity index (χ0n) is 31.7. The molecule has 1 aliphatic carbocycles.